The van der Waals surface area contributed by atoms with Gasteiger partial charge in [0.15, 0.2) is 0 Å². The molecule has 26 heavy (non-hydrogen) atoms. The minimum Gasteiger partial charge on any atom is -0.445 e. The quantitative estimate of drug-likeness (QED) is 0.629. The van der Waals surface area contributed by atoms with E-state index < -0.39 is 29.9 Å². The first-order valence-corrected chi connectivity index (χ1v) is 8.63. The number of ether oxygens (including phenoxy) is 1. The van der Waals surface area contributed by atoms with Gasteiger partial charge < -0.3 is 20.3 Å². The fourth-order valence-electron chi connectivity index (χ4n) is 2.28. The molecule has 5 nitrogen and oxygen atoms in total. The number of carbonyl (C=O) groups excluding carboxylic acids is 1. The van der Waals surface area contributed by atoms with Gasteiger partial charge in [0.25, 0.3) is 0 Å². The van der Waals surface area contributed by atoms with Crippen molar-refractivity contribution >= 4 is 22.0 Å². The number of carbonyl (C=O) groups is 1. The molecule has 0 fully saturated rings. The third-order valence-corrected chi connectivity index (χ3v) is 4.28. The molecule has 2 atom stereocenters. The molecule has 0 saturated carbocycles. The first-order chi connectivity index (χ1) is 12.4. The number of nitrogens with one attached hydrogen (secondary N) is 1. The number of rotatable bonds is 7. The Morgan fingerprint density at radius 2 is 1.88 bits per heavy atom. The summed E-state index contributed by atoms with van der Waals surface area (Å²) < 4.78 is 31.9. The highest BCUT2D eigenvalue weighted by Crippen LogP contribution is 2.30. The second-order valence-electron chi connectivity index (χ2n) is 5.57. The minimum absolute atomic E-state index is 0.00623. The van der Waals surface area contributed by atoms with E-state index >= 15 is 0 Å². The lowest BCUT2D eigenvalue weighted by molar-refractivity contribution is 0.0111. The molecule has 0 radical (unpaired) electrons. The van der Waals surface area contributed by atoms with Crippen LogP contribution >= 0.6 is 15.9 Å². The standard InChI is InChI=1S/C18H18BrF2NO4/c19-13-8-12(20)9-14(21)16(13)17(24)15(23)6-7-22-18(25)26-10-11-4-2-1-3-5-11/h1-5,8-9,15,17,23-24H,6-7,10H2,(H,22,25). The summed E-state index contributed by atoms with van der Waals surface area (Å²) >= 11 is 2.96. The molecular formula is C18H18BrF2NO4. The van der Waals surface area contributed by atoms with Crippen LogP contribution in [-0.2, 0) is 11.3 Å². The number of hydrogen-bond donors (Lipinski definition) is 3. The topological polar surface area (TPSA) is 78.8 Å². The van der Waals surface area contributed by atoms with Crippen molar-refractivity contribution in [3.05, 3.63) is 69.7 Å². The minimum atomic E-state index is -1.58. The Balaban J connectivity index is 1.79. The number of hydrogen-bond acceptors (Lipinski definition) is 4. The lowest BCUT2D eigenvalue weighted by atomic mass is 10.0. The van der Waals surface area contributed by atoms with E-state index in [0.717, 1.165) is 11.6 Å². The number of alkyl carbamates (subject to hydrolysis) is 1. The maximum atomic E-state index is 13.8. The Labute approximate surface area is 157 Å². The van der Waals surface area contributed by atoms with Crippen LogP contribution in [0.2, 0.25) is 0 Å². The lowest BCUT2D eigenvalue weighted by Gasteiger charge is -2.20. The van der Waals surface area contributed by atoms with Gasteiger partial charge in [-0.05, 0) is 18.1 Å². The maximum Gasteiger partial charge on any atom is 0.407 e. The predicted molar refractivity (Wildman–Crippen MR) is 94.3 cm³/mol. The molecule has 0 bridgehead atoms. The highest BCUT2D eigenvalue weighted by Gasteiger charge is 2.24. The van der Waals surface area contributed by atoms with Crippen molar-refractivity contribution in [1.82, 2.24) is 5.32 Å². The second kappa shape index (κ2) is 9.61. The largest absolute Gasteiger partial charge is 0.445 e. The zero-order chi connectivity index (χ0) is 19.1. The van der Waals surface area contributed by atoms with E-state index in [-0.39, 0.29) is 29.6 Å². The number of aliphatic hydroxyl groups is 2. The molecule has 2 unspecified atom stereocenters. The molecule has 0 aliphatic carbocycles. The van der Waals surface area contributed by atoms with Crippen molar-refractivity contribution in [1.29, 1.82) is 0 Å². The zero-order valence-corrected chi connectivity index (χ0v) is 15.2. The fourth-order valence-corrected chi connectivity index (χ4v) is 2.93. The number of benzene rings is 2. The summed E-state index contributed by atoms with van der Waals surface area (Å²) in [7, 11) is 0. The summed E-state index contributed by atoms with van der Waals surface area (Å²) in [5.74, 6) is -1.78. The van der Waals surface area contributed by atoms with Crippen LogP contribution in [-0.4, -0.2) is 29.0 Å². The van der Waals surface area contributed by atoms with Gasteiger partial charge in [0.2, 0.25) is 0 Å². The van der Waals surface area contributed by atoms with Crippen LogP contribution in [0.25, 0.3) is 0 Å². The molecular weight excluding hydrogens is 412 g/mol. The average Bonchev–Trinajstić information content (AvgIpc) is 2.59. The molecule has 0 aliphatic rings. The molecule has 2 aromatic rings. The van der Waals surface area contributed by atoms with Crippen LogP contribution in [0, 0.1) is 11.6 Å². The van der Waals surface area contributed by atoms with Gasteiger partial charge in [-0.1, -0.05) is 46.3 Å². The molecule has 8 heteroatoms. The molecule has 0 saturated heterocycles. The Kier molecular flexibility index (Phi) is 7.50. The van der Waals surface area contributed by atoms with E-state index in [2.05, 4.69) is 21.2 Å². The summed E-state index contributed by atoms with van der Waals surface area (Å²) in [6.07, 6.45) is -3.66. The van der Waals surface area contributed by atoms with E-state index in [0.29, 0.717) is 6.07 Å². The summed E-state index contributed by atoms with van der Waals surface area (Å²) in [6, 6.07) is 10.7. The van der Waals surface area contributed by atoms with E-state index in [9.17, 15) is 23.8 Å². The summed E-state index contributed by atoms with van der Waals surface area (Å²) in [4.78, 5) is 11.6. The summed E-state index contributed by atoms with van der Waals surface area (Å²) in [6.45, 7) is 0.109. The van der Waals surface area contributed by atoms with Crippen molar-refractivity contribution in [2.24, 2.45) is 0 Å². The van der Waals surface area contributed by atoms with Crippen LogP contribution in [0.3, 0.4) is 0 Å². The van der Waals surface area contributed by atoms with Crippen molar-refractivity contribution in [3.8, 4) is 0 Å². The molecule has 2 aromatic carbocycles. The van der Waals surface area contributed by atoms with Gasteiger partial charge in [-0.3, -0.25) is 0 Å². The van der Waals surface area contributed by atoms with Gasteiger partial charge >= 0.3 is 6.09 Å². The molecule has 0 aromatic heterocycles. The Bertz CT molecular complexity index is 722. The smallest absolute Gasteiger partial charge is 0.407 e. The lowest BCUT2D eigenvalue weighted by Crippen LogP contribution is -2.30. The second-order valence-corrected chi connectivity index (χ2v) is 6.43. The summed E-state index contributed by atoms with van der Waals surface area (Å²) in [5.41, 5.74) is 0.584. The van der Waals surface area contributed by atoms with Crippen LogP contribution < -0.4 is 5.32 Å². The zero-order valence-electron chi connectivity index (χ0n) is 13.7. The van der Waals surface area contributed by atoms with Gasteiger partial charge in [-0.25, -0.2) is 13.6 Å². The fraction of sp³-hybridized carbons (Fsp3) is 0.278. The van der Waals surface area contributed by atoms with E-state index in [1.807, 2.05) is 30.3 Å². The SMILES string of the molecule is O=C(NCCC(O)C(O)c1c(F)cc(F)cc1Br)OCc1ccccc1. The van der Waals surface area contributed by atoms with E-state index in [1.165, 1.54) is 0 Å². The molecule has 3 N–H and O–H groups in total. The molecule has 0 heterocycles. The van der Waals surface area contributed by atoms with Gasteiger partial charge in [0, 0.05) is 22.6 Å². The normalized spacial score (nSPS) is 13.1. The Morgan fingerprint density at radius 3 is 2.54 bits per heavy atom. The first kappa shape index (κ1) is 20.3. The number of aliphatic hydroxyl groups excluding tert-OH is 2. The number of halogens is 3. The Hall–Kier alpha value is -2.03. The van der Waals surface area contributed by atoms with Crippen LogP contribution in [0.15, 0.2) is 46.9 Å². The molecule has 2 rings (SSSR count). The highest BCUT2D eigenvalue weighted by molar-refractivity contribution is 9.10. The van der Waals surface area contributed by atoms with Crippen LogP contribution in [0.4, 0.5) is 13.6 Å². The monoisotopic (exact) mass is 429 g/mol. The van der Waals surface area contributed by atoms with Crippen molar-refractivity contribution in [2.45, 2.75) is 25.2 Å². The maximum absolute atomic E-state index is 13.8. The molecule has 0 spiro atoms. The van der Waals surface area contributed by atoms with Gasteiger partial charge in [-0.15, -0.1) is 0 Å². The highest BCUT2D eigenvalue weighted by atomic mass is 79.9. The summed E-state index contributed by atoms with van der Waals surface area (Å²) in [5, 5.41) is 22.5. The van der Waals surface area contributed by atoms with Gasteiger partial charge in [-0.2, -0.15) is 0 Å². The molecule has 0 aliphatic heterocycles. The average molecular weight is 430 g/mol. The van der Waals surface area contributed by atoms with Gasteiger partial charge in [0.05, 0.1) is 6.10 Å². The molecule has 1 amide bonds. The number of amides is 1. The molecule has 140 valence electrons. The van der Waals surface area contributed by atoms with Gasteiger partial charge in [0.1, 0.15) is 24.3 Å². The Morgan fingerprint density at radius 1 is 1.19 bits per heavy atom. The van der Waals surface area contributed by atoms with E-state index in [1.54, 1.807) is 0 Å². The predicted octanol–water partition coefficient (Wildman–Crippen LogP) is 3.44. The van der Waals surface area contributed by atoms with Crippen LogP contribution in [0.1, 0.15) is 23.7 Å². The van der Waals surface area contributed by atoms with Crippen LogP contribution in [0.5, 0.6) is 0 Å². The van der Waals surface area contributed by atoms with Crippen molar-refractivity contribution < 1.29 is 28.5 Å². The first-order valence-electron chi connectivity index (χ1n) is 7.83. The van der Waals surface area contributed by atoms with E-state index in [4.69, 9.17) is 4.74 Å². The third kappa shape index (κ3) is 5.76. The van der Waals surface area contributed by atoms with Crippen molar-refractivity contribution in [3.63, 3.8) is 0 Å². The third-order valence-electron chi connectivity index (χ3n) is 3.63. The van der Waals surface area contributed by atoms with Crippen molar-refractivity contribution in [2.75, 3.05) is 6.54 Å².